The molecule has 148 valence electrons. The van der Waals surface area contributed by atoms with Gasteiger partial charge in [0, 0.05) is 16.9 Å². The number of hydrogen-bond donors (Lipinski definition) is 1. The maximum Gasteiger partial charge on any atom is 0.364 e. The van der Waals surface area contributed by atoms with Crippen LogP contribution in [-0.2, 0) is 0 Å². The number of amides is 1. The second-order valence-corrected chi connectivity index (χ2v) is 6.65. The SMILES string of the molecule is Cc1cc(C(=O)Oc2ccc(NC(=O)c3ccccc3)cc2)nn1-c1ccccc1. The minimum absolute atomic E-state index is 0.206. The minimum atomic E-state index is -0.547. The highest BCUT2D eigenvalue weighted by atomic mass is 16.5. The lowest BCUT2D eigenvalue weighted by molar-refractivity contribution is 0.0727. The topological polar surface area (TPSA) is 73.2 Å². The molecule has 0 aliphatic rings. The van der Waals surface area contributed by atoms with Crippen LogP contribution in [0.4, 0.5) is 5.69 Å². The number of anilines is 1. The minimum Gasteiger partial charge on any atom is -0.422 e. The van der Waals surface area contributed by atoms with Gasteiger partial charge in [-0.25, -0.2) is 9.48 Å². The van der Waals surface area contributed by atoms with E-state index in [4.69, 9.17) is 4.74 Å². The highest BCUT2D eigenvalue weighted by molar-refractivity contribution is 6.04. The van der Waals surface area contributed by atoms with Crippen molar-refractivity contribution >= 4 is 17.6 Å². The number of aryl methyl sites for hydroxylation is 1. The highest BCUT2D eigenvalue weighted by Crippen LogP contribution is 2.19. The maximum absolute atomic E-state index is 12.5. The van der Waals surface area contributed by atoms with E-state index in [0.717, 1.165) is 11.4 Å². The number of carbonyl (C=O) groups is 2. The molecule has 6 nitrogen and oxygen atoms in total. The van der Waals surface area contributed by atoms with Crippen molar-refractivity contribution in [1.82, 2.24) is 9.78 Å². The van der Waals surface area contributed by atoms with Crippen LogP contribution in [0.3, 0.4) is 0 Å². The Kier molecular flexibility index (Phi) is 5.39. The fourth-order valence-corrected chi connectivity index (χ4v) is 2.96. The van der Waals surface area contributed by atoms with Gasteiger partial charge in [-0.15, -0.1) is 0 Å². The number of para-hydroxylation sites is 1. The van der Waals surface area contributed by atoms with Crippen LogP contribution in [0.5, 0.6) is 5.75 Å². The monoisotopic (exact) mass is 397 g/mol. The van der Waals surface area contributed by atoms with E-state index in [9.17, 15) is 9.59 Å². The molecule has 0 bridgehead atoms. The Labute approximate surface area is 173 Å². The number of nitrogens with zero attached hydrogens (tertiary/aromatic N) is 2. The van der Waals surface area contributed by atoms with Gasteiger partial charge in [0.05, 0.1) is 5.69 Å². The first-order chi connectivity index (χ1) is 14.6. The molecular weight excluding hydrogens is 378 g/mol. The lowest BCUT2D eigenvalue weighted by Crippen LogP contribution is -2.12. The highest BCUT2D eigenvalue weighted by Gasteiger charge is 2.15. The molecule has 6 heteroatoms. The van der Waals surface area contributed by atoms with E-state index >= 15 is 0 Å². The first-order valence-corrected chi connectivity index (χ1v) is 9.41. The summed E-state index contributed by atoms with van der Waals surface area (Å²) in [4.78, 5) is 24.7. The molecule has 0 aliphatic carbocycles. The molecule has 1 aromatic heterocycles. The molecule has 0 unspecified atom stereocenters. The van der Waals surface area contributed by atoms with Crippen LogP contribution >= 0.6 is 0 Å². The summed E-state index contributed by atoms with van der Waals surface area (Å²) in [5.41, 5.74) is 3.09. The molecule has 1 heterocycles. The summed E-state index contributed by atoms with van der Waals surface area (Å²) in [7, 11) is 0. The molecule has 30 heavy (non-hydrogen) atoms. The van der Waals surface area contributed by atoms with Crippen molar-refractivity contribution in [3.8, 4) is 11.4 Å². The fraction of sp³-hybridized carbons (Fsp3) is 0.0417. The molecule has 0 spiro atoms. The summed E-state index contributed by atoms with van der Waals surface area (Å²) >= 11 is 0. The Hall–Kier alpha value is -4.19. The predicted octanol–water partition coefficient (Wildman–Crippen LogP) is 4.65. The molecule has 1 amide bonds. The summed E-state index contributed by atoms with van der Waals surface area (Å²) in [5.74, 6) is -0.388. The largest absolute Gasteiger partial charge is 0.422 e. The zero-order valence-corrected chi connectivity index (χ0v) is 16.3. The van der Waals surface area contributed by atoms with E-state index in [0.29, 0.717) is 17.0 Å². The van der Waals surface area contributed by atoms with E-state index in [1.165, 1.54) is 0 Å². The third kappa shape index (κ3) is 4.28. The number of nitrogens with one attached hydrogen (secondary N) is 1. The molecule has 0 aliphatic heterocycles. The van der Waals surface area contributed by atoms with Crippen LogP contribution in [0.25, 0.3) is 5.69 Å². The summed E-state index contributed by atoms with van der Waals surface area (Å²) in [6.45, 7) is 1.88. The number of ether oxygens (including phenoxy) is 1. The zero-order valence-electron chi connectivity index (χ0n) is 16.3. The lowest BCUT2D eigenvalue weighted by atomic mass is 10.2. The Balaban J connectivity index is 1.42. The number of esters is 1. The maximum atomic E-state index is 12.5. The second-order valence-electron chi connectivity index (χ2n) is 6.65. The molecule has 0 saturated heterocycles. The normalized spacial score (nSPS) is 10.4. The quantitative estimate of drug-likeness (QED) is 0.393. The molecule has 0 fully saturated rings. The fourth-order valence-electron chi connectivity index (χ4n) is 2.96. The number of aromatic nitrogens is 2. The van der Waals surface area contributed by atoms with Crippen LogP contribution in [0, 0.1) is 6.92 Å². The number of benzene rings is 3. The van der Waals surface area contributed by atoms with Crippen molar-refractivity contribution in [2.24, 2.45) is 0 Å². The van der Waals surface area contributed by atoms with E-state index in [-0.39, 0.29) is 11.6 Å². The third-order valence-electron chi connectivity index (χ3n) is 4.46. The summed E-state index contributed by atoms with van der Waals surface area (Å²) in [5, 5.41) is 7.16. The van der Waals surface area contributed by atoms with E-state index in [1.807, 2.05) is 43.3 Å². The smallest absolute Gasteiger partial charge is 0.364 e. The van der Waals surface area contributed by atoms with Crippen molar-refractivity contribution in [3.05, 3.63) is 108 Å². The van der Waals surface area contributed by atoms with Crippen molar-refractivity contribution in [2.75, 3.05) is 5.32 Å². The average Bonchev–Trinajstić information content (AvgIpc) is 3.18. The second kappa shape index (κ2) is 8.45. The van der Waals surface area contributed by atoms with E-state index in [1.54, 1.807) is 59.3 Å². The summed E-state index contributed by atoms with van der Waals surface area (Å²) < 4.78 is 7.12. The molecule has 0 saturated carbocycles. The van der Waals surface area contributed by atoms with E-state index in [2.05, 4.69) is 10.4 Å². The molecular formula is C24H19N3O3. The van der Waals surface area contributed by atoms with E-state index < -0.39 is 5.97 Å². The zero-order chi connectivity index (χ0) is 20.9. The molecule has 0 radical (unpaired) electrons. The van der Waals surface area contributed by atoms with Gasteiger partial charge in [-0.05, 0) is 61.5 Å². The van der Waals surface area contributed by atoms with Crippen LogP contribution < -0.4 is 10.1 Å². The summed E-state index contributed by atoms with van der Waals surface area (Å²) in [6.07, 6.45) is 0. The van der Waals surface area contributed by atoms with Gasteiger partial charge < -0.3 is 10.1 Å². The Morgan fingerprint density at radius 1 is 0.867 bits per heavy atom. The van der Waals surface area contributed by atoms with Gasteiger partial charge in [0.2, 0.25) is 0 Å². The average molecular weight is 397 g/mol. The van der Waals surface area contributed by atoms with Gasteiger partial charge in [0.25, 0.3) is 5.91 Å². The first-order valence-electron chi connectivity index (χ1n) is 9.41. The van der Waals surface area contributed by atoms with Gasteiger partial charge in [0.15, 0.2) is 5.69 Å². The van der Waals surface area contributed by atoms with Crippen molar-refractivity contribution in [1.29, 1.82) is 0 Å². The van der Waals surface area contributed by atoms with Crippen LogP contribution in [0.2, 0.25) is 0 Å². The number of rotatable bonds is 5. The molecule has 0 atom stereocenters. The molecule has 4 rings (SSSR count). The standard InChI is InChI=1S/C24H19N3O3/c1-17-16-22(26-27(17)20-10-6-3-7-11-20)24(29)30-21-14-12-19(13-15-21)25-23(28)18-8-4-2-5-9-18/h2-16H,1H3,(H,25,28). The van der Waals surface area contributed by atoms with Crippen LogP contribution in [0.15, 0.2) is 91.0 Å². The van der Waals surface area contributed by atoms with Gasteiger partial charge in [-0.2, -0.15) is 5.10 Å². The van der Waals surface area contributed by atoms with Gasteiger partial charge in [-0.1, -0.05) is 36.4 Å². The van der Waals surface area contributed by atoms with Gasteiger partial charge in [-0.3, -0.25) is 4.79 Å². The predicted molar refractivity (Wildman–Crippen MR) is 114 cm³/mol. The molecule has 4 aromatic rings. The summed E-state index contributed by atoms with van der Waals surface area (Å²) in [6, 6.07) is 26.8. The molecule has 1 N–H and O–H groups in total. The number of carbonyl (C=O) groups excluding carboxylic acids is 2. The molecule has 3 aromatic carbocycles. The van der Waals surface area contributed by atoms with Crippen molar-refractivity contribution in [2.45, 2.75) is 6.92 Å². The van der Waals surface area contributed by atoms with Gasteiger partial charge >= 0.3 is 5.97 Å². The van der Waals surface area contributed by atoms with Gasteiger partial charge in [0.1, 0.15) is 5.75 Å². The van der Waals surface area contributed by atoms with Crippen LogP contribution in [0.1, 0.15) is 26.5 Å². The Morgan fingerprint density at radius 2 is 1.50 bits per heavy atom. The van der Waals surface area contributed by atoms with Crippen LogP contribution in [-0.4, -0.2) is 21.7 Å². The lowest BCUT2D eigenvalue weighted by Gasteiger charge is -2.07. The Morgan fingerprint density at radius 3 is 2.17 bits per heavy atom. The first kappa shape index (κ1) is 19.1. The Bertz CT molecular complexity index is 1170. The third-order valence-corrected chi connectivity index (χ3v) is 4.46. The van der Waals surface area contributed by atoms with Crippen molar-refractivity contribution < 1.29 is 14.3 Å². The van der Waals surface area contributed by atoms with Crippen molar-refractivity contribution in [3.63, 3.8) is 0 Å². The number of hydrogen-bond acceptors (Lipinski definition) is 4.